The molecule has 27 heavy (non-hydrogen) atoms. The molecule has 6 heteroatoms. The van der Waals surface area contributed by atoms with Crippen molar-refractivity contribution < 1.29 is 9.53 Å². The van der Waals surface area contributed by atoms with E-state index in [2.05, 4.69) is 29.4 Å². The van der Waals surface area contributed by atoms with Crippen LogP contribution in [-0.4, -0.2) is 48.8 Å². The summed E-state index contributed by atoms with van der Waals surface area (Å²) in [5.74, 6) is 1.30. The Morgan fingerprint density at radius 2 is 2.00 bits per heavy atom. The van der Waals surface area contributed by atoms with Gasteiger partial charge in [-0.2, -0.15) is 0 Å². The minimum Gasteiger partial charge on any atom is -0.462 e. The molecule has 1 saturated heterocycles. The van der Waals surface area contributed by atoms with Crippen LogP contribution < -0.4 is 10.6 Å². The van der Waals surface area contributed by atoms with E-state index >= 15 is 0 Å². The number of ether oxygens (including phenoxy) is 1. The molecule has 0 aliphatic carbocycles. The van der Waals surface area contributed by atoms with Crippen molar-refractivity contribution in [1.82, 2.24) is 10.2 Å². The van der Waals surface area contributed by atoms with E-state index in [9.17, 15) is 4.79 Å². The average molecular weight is 392 g/mol. The SMILES string of the molecule is CCOC(=O)c1ccc(NC(=S)NCCCN2C[C@H](C)C[C@H](C)C2)c(C)c1. The highest BCUT2D eigenvalue weighted by atomic mass is 32.1. The molecule has 0 amide bonds. The molecule has 2 N–H and O–H groups in total. The predicted octanol–water partition coefficient (Wildman–Crippen LogP) is 3.83. The summed E-state index contributed by atoms with van der Waals surface area (Å²) < 4.78 is 5.03. The molecule has 2 atom stereocenters. The fourth-order valence-corrected chi connectivity index (χ4v) is 4.00. The molecule has 0 bridgehead atoms. The maximum Gasteiger partial charge on any atom is 0.338 e. The van der Waals surface area contributed by atoms with Crippen LogP contribution in [0, 0.1) is 18.8 Å². The lowest BCUT2D eigenvalue weighted by molar-refractivity contribution is 0.0526. The standard InChI is InChI=1S/C21H33N3O2S/c1-5-26-20(25)18-7-8-19(17(4)12-18)23-21(27)22-9-6-10-24-13-15(2)11-16(3)14-24/h7-8,12,15-16H,5-6,9-11,13-14H2,1-4H3,(H2,22,23,27)/t15-,16+. The summed E-state index contributed by atoms with van der Waals surface area (Å²) in [6.45, 7) is 13.2. The summed E-state index contributed by atoms with van der Waals surface area (Å²) in [5, 5.41) is 7.11. The third-order valence-corrected chi connectivity index (χ3v) is 5.11. The highest BCUT2D eigenvalue weighted by molar-refractivity contribution is 7.80. The molecule has 1 aliphatic rings. The topological polar surface area (TPSA) is 53.6 Å². The summed E-state index contributed by atoms with van der Waals surface area (Å²) in [7, 11) is 0. The van der Waals surface area contributed by atoms with Gasteiger partial charge in [0.15, 0.2) is 5.11 Å². The van der Waals surface area contributed by atoms with Gasteiger partial charge in [0.05, 0.1) is 12.2 Å². The minimum atomic E-state index is -0.297. The van der Waals surface area contributed by atoms with Crippen molar-refractivity contribution in [2.75, 3.05) is 38.1 Å². The number of esters is 1. The van der Waals surface area contributed by atoms with Crippen molar-refractivity contribution in [2.45, 2.75) is 40.5 Å². The lowest BCUT2D eigenvalue weighted by Gasteiger charge is -2.35. The molecule has 0 radical (unpaired) electrons. The van der Waals surface area contributed by atoms with Gasteiger partial charge in [-0.3, -0.25) is 0 Å². The summed E-state index contributed by atoms with van der Waals surface area (Å²) in [6.07, 6.45) is 2.42. The van der Waals surface area contributed by atoms with Crippen LogP contribution in [0.2, 0.25) is 0 Å². The second-order valence-electron chi connectivity index (χ2n) is 7.69. The second kappa shape index (κ2) is 10.6. The van der Waals surface area contributed by atoms with Gasteiger partial charge in [0.1, 0.15) is 0 Å². The van der Waals surface area contributed by atoms with Crippen LogP contribution >= 0.6 is 12.2 Å². The Kier molecular flexibility index (Phi) is 8.51. The zero-order valence-electron chi connectivity index (χ0n) is 17.0. The Morgan fingerprint density at radius 3 is 2.63 bits per heavy atom. The molecule has 0 unspecified atom stereocenters. The molecule has 1 aromatic rings. The number of anilines is 1. The van der Waals surface area contributed by atoms with Gasteiger partial charge in [0.25, 0.3) is 0 Å². The third-order valence-electron chi connectivity index (χ3n) is 4.87. The van der Waals surface area contributed by atoms with Crippen LogP contribution in [0.4, 0.5) is 5.69 Å². The average Bonchev–Trinajstić information content (AvgIpc) is 2.60. The van der Waals surface area contributed by atoms with E-state index in [0.717, 1.165) is 42.6 Å². The number of piperidine rings is 1. The molecule has 1 fully saturated rings. The van der Waals surface area contributed by atoms with E-state index in [1.807, 2.05) is 19.1 Å². The van der Waals surface area contributed by atoms with Crippen LogP contribution in [0.15, 0.2) is 18.2 Å². The third kappa shape index (κ3) is 7.11. The van der Waals surface area contributed by atoms with Gasteiger partial charge in [0.2, 0.25) is 0 Å². The van der Waals surface area contributed by atoms with E-state index in [1.165, 1.54) is 19.5 Å². The quantitative estimate of drug-likeness (QED) is 0.419. The van der Waals surface area contributed by atoms with Crippen molar-refractivity contribution in [2.24, 2.45) is 11.8 Å². The minimum absolute atomic E-state index is 0.297. The zero-order chi connectivity index (χ0) is 19.8. The molecule has 5 nitrogen and oxygen atoms in total. The van der Waals surface area contributed by atoms with Crippen molar-refractivity contribution in [3.63, 3.8) is 0 Å². The van der Waals surface area contributed by atoms with Gasteiger partial charge in [-0.25, -0.2) is 4.79 Å². The fraction of sp³-hybridized carbons (Fsp3) is 0.619. The summed E-state index contributed by atoms with van der Waals surface area (Å²) in [4.78, 5) is 14.4. The monoisotopic (exact) mass is 391 g/mol. The number of hydrogen-bond acceptors (Lipinski definition) is 4. The van der Waals surface area contributed by atoms with E-state index in [1.54, 1.807) is 13.0 Å². The zero-order valence-corrected chi connectivity index (χ0v) is 17.8. The van der Waals surface area contributed by atoms with Gasteiger partial charge in [-0.15, -0.1) is 0 Å². The lowest BCUT2D eigenvalue weighted by Crippen LogP contribution is -2.40. The molecule has 2 rings (SSSR count). The normalized spacial score (nSPS) is 20.1. The molecule has 0 saturated carbocycles. The highest BCUT2D eigenvalue weighted by Crippen LogP contribution is 2.21. The van der Waals surface area contributed by atoms with Gasteiger partial charge >= 0.3 is 5.97 Å². The summed E-state index contributed by atoms with van der Waals surface area (Å²) in [5.41, 5.74) is 2.42. The molecular formula is C21H33N3O2S. The van der Waals surface area contributed by atoms with Crippen molar-refractivity contribution in [1.29, 1.82) is 0 Å². The molecule has 1 aliphatic heterocycles. The number of carbonyl (C=O) groups excluding carboxylic acids is 1. The first-order valence-corrected chi connectivity index (χ1v) is 10.3. The Labute approximate surface area is 168 Å². The second-order valence-corrected chi connectivity index (χ2v) is 8.10. The van der Waals surface area contributed by atoms with Crippen LogP contribution in [0.5, 0.6) is 0 Å². The fourth-order valence-electron chi connectivity index (χ4n) is 3.79. The molecule has 0 spiro atoms. The number of carbonyl (C=O) groups is 1. The number of thiocarbonyl (C=S) groups is 1. The Balaban J connectivity index is 1.73. The van der Waals surface area contributed by atoms with Gasteiger partial charge < -0.3 is 20.3 Å². The maximum absolute atomic E-state index is 11.8. The van der Waals surface area contributed by atoms with E-state index < -0.39 is 0 Å². The number of aryl methyl sites for hydroxylation is 1. The largest absolute Gasteiger partial charge is 0.462 e. The number of nitrogens with one attached hydrogen (secondary N) is 2. The maximum atomic E-state index is 11.8. The Morgan fingerprint density at radius 1 is 1.30 bits per heavy atom. The highest BCUT2D eigenvalue weighted by Gasteiger charge is 2.21. The number of nitrogens with zero attached hydrogens (tertiary/aromatic N) is 1. The van der Waals surface area contributed by atoms with Crippen LogP contribution in [-0.2, 0) is 4.74 Å². The molecule has 1 aromatic carbocycles. The Bertz CT molecular complexity index is 640. The Hall–Kier alpha value is -1.66. The van der Waals surface area contributed by atoms with Crippen LogP contribution in [0.25, 0.3) is 0 Å². The van der Waals surface area contributed by atoms with E-state index in [-0.39, 0.29) is 5.97 Å². The van der Waals surface area contributed by atoms with E-state index in [4.69, 9.17) is 17.0 Å². The van der Waals surface area contributed by atoms with Gasteiger partial charge in [-0.1, -0.05) is 13.8 Å². The van der Waals surface area contributed by atoms with E-state index in [0.29, 0.717) is 17.3 Å². The van der Waals surface area contributed by atoms with Gasteiger partial charge in [-0.05, 0) is 81.1 Å². The van der Waals surface area contributed by atoms with Crippen LogP contribution in [0.1, 0.15) is 49.5 Å². The summed E-state index contributed by atoms with van der Waals surface area (Å²) in [6, 6.07) is 5.45. The number of likely N-dealkylation sites (tertiary alicyclic amines) is 1. The molecule has 1 heterocycles. The van der Waals surface area contributed by atoms with Crippen molar-refractivity contribution in [3.05, 3.63) is 29.3 Å². The lowest BCUT2D eigenvalue weighted by atomic mass is 9.92. The molecule has 150 valence electrons. The van der Waals surface area contributed by atoms with Gasteiger partial charge in [0, 0.05) is 25.3 Å². The predicted molar refractivity (Wildman–Crippen MR) is 115 cm³/mol. The first-order valence-electron chi connectivity index (χ1n) is 9.94. The first-order chi connectivity index (χ1) is 12.9. The number of rotatable bonds is 7. The summed E-state index contributed by atoms with van der Waals surface area (Å²) >= 11 is 5.40. The van der Waals surface area contributed by atoms with Crippen molar-refractivity contribution >= 4 is 29.0 Å². The number of benzene rings is 1. The van der Waals surface area contributed by atoms with Crippen molar-refractivity contribution in [3.8, 4) is 0 Å². The molecular weight excluding hydrogens is 358 g/mol. The van der Waals surface area contributed by atoms with Crippen LogP contribution in [0.3, 0.4) is 0 Å². The number of hydrogen-bond donors (Lipinski definition) is 2. The smallest absolute Gasteiger partial charge is 0.338 e. The first kappa shape index (κ1) is 21.6. The molecule has 0 aromatic heterocycles.